The minimum absolute atomic E-state index is 0.236. The van der Waals surface area contributed by atoms with Crippen molar-refractivity contribution in [2.75, 3.05) is 0 Å². The molecule has 152 valence electrons. The first-order valence-corrected chi connectivity index (χ1v) is 9.88. The number of rotatable bonds is 0. The number of aromatic nitrogens is 4. The molecule has 2 aromatic carbocycles. The van der Waals surface area contributed by atoms with E-state index in [9.17, 15) is 9.59 Å². The molecule has 5 rings (SSSR count). The summed E-state index contributed by atoms with van der Waals surface area (Å²) in [5.74, 6) is 12.7. The van der Waals surface area contributed by atoms with Gasteiger partial charge < -0.3 is 9.13 Å². The molecule has 0 amide bonds. The van der Waals surface area contributed by atoms with Crippen molar-refractivity contribution in [1.29, 1.82) is 0 Å². The Morgan fingerprint density at radius 2 is 1.09 bits per heavy atom. The van der Waals surface area contributed by atoms with Gasteiger partial charge in [-0.15, -0.1) is 0 Å². The summed E-state index contributed by atoms with van der Waals surface area (Å²) in [6.45, 7) is 0. The Morgan fingerprint density at radius 1 is 0.656 bits per heavy atom. The summed E-state index contributed by atoms with van der Waals surface area (Å²) < 4.78 is 3.58. The zero-order chi connectivity index (χ0) is 22.2. The average Bonchev–Trinajstić information content (AvgIpc) is 3.41. The first-order chi connectivity index (χ1) is 15.5. The largest absolute Gasteiger partial charge is 0.327 e. The Bertz CT molecular complexity index is 1430. The minimum Gasteiger partial charge on any atom is -0.327 e. The lowest BCUT2D eigenvalue weighted by atomic mass is 9.80. The highest BCUT2D eigenvalue weighted by Crippen LogP contribution is 2.31. The Morgan fingerprint density at radius 3 is 1.47 bits per heavy atom. The molecule has 0 saturated carbocycles. The second-order valence-electron chi connectivity index (χ2n) is 7.34. The number of benzene rings is 2. The summed E-state index contributed by atoms with van der Waals surface area (Å²) >= 11 is 0. The van der Waals surface area contributed by atoms with Gasteiger partial charge in [-0.3, -0.25) is 9.59 Å². The topological polar surface area (TPSA) is 69.8 Å². The lowest BCUT2D eigenvalue weighted by molar-refractivity contribution is 0.0978. The highest BCUT2D eigenvalue weighted by molar-refractivity contribution is 6.29. The number of carbonyl (C=O) groups is 2. The van der Waals surface area contributed by atoms with E-state index in [-0.39, 0.29) is 11.6 Å². The van der Waals surface area contributed by atoms with Crippen molar-refractivity contribution < 1.29 is 9.59 Å². The van der Waals surface area contributed by atoms with E-state index in [1.165, 1.54) is 0 Å². The molecule has 0 aliphatic heterocycles. The molecular weight excluding hydrogens is 400 g/mol. The molecule has 0 bridgehead atoms. The molecule has 6 nitrogen and oxygen atoms in total. The van der Waals surface area contributed by atoms with E-state index < -0.39 is 0 Å². The van der Waals surface area contributed by atoms with Crippen LogP contribution in [0.15, 0.2) is 61.2 Å². The number of aryl methyl sites for hydroxylation is 2. The fourth-order valence-corrected chi connectivity index (χ4v) is 3.67. The molecule has 0 N–H and O–H groups in total. The molecule has 0 fully saturated rings. The van der Waals surface area contributed by atoms with Crippen LogP contribution in [0.4, 0.5) is 0 Å². The van der Waals surface area contributed by atoms with E-state index in [1.54, 1.807) is 70.3 Å². The molecule has 1 aliphatic rings. The van der Waals surface area contributed by atoms with Crippen molar-refractivity contribution in [2.24, 2.45) is 14.1 Å². The van der Waals surface area contributed by atoms with Gasteiger partial charge in [-0.25, -0.2) is 9.97 Å². The Kier molecular flexibility index (Phi) is 4.54. The first-order valence-electron chi connectivity index (χ1n) is 9.88. The highest BCUT2D eigenvalue weighted by Gasteiger charge is 2.32. The molecule has 6 heteroatoms. The molecule has 0 spiro atoms. The molecule has 32 heavy (non-hydrogen) atoms. The second-order valence-corrected chi connectivity index (χ2v) is 7.34. The van der Waals surface area contributed by atoms with E-state index in [4.69, 9.17) is 0 Å². The summed E-state index contributed by atoms with van der Waals surface area (Å²) in [5.41, 5.74) is 2.31. The van der Waals surface area contributed by atoms with Crippen LogP contribution >= 0.6 is 0 Å². The van der Waals surface area contributed by atoms with E-state index in [0.717, 1.165) is 0 Å². The third-order valence-electron chi connectivity index (χ3n) is 5.33. The molecule has 0 saturated heterocycles. The molecule has 0 radical (unpaired) electrons. The van der Waals surface area contributed by atoms with Crippen LogP contribution in [0.2, 0.25) is 0 Å². The lowest BCUT2D eigenvalue weighted by Gasteiger charge is -2.19. The number of imidazole rings is 2. The number of fused-ring (bicyclic) bond motifs is 2. The first kappa shape index (κ1) is 19.3. The van der Waals surface area contributed by atoms with Gasteiger partial charge in [0.1, 0.15) is 0 Å². The van der Waals surface area contributed by atoms with Crippen LogP contribution in [0.5, 0.6) is 0 Å². The quantitative estimate of drug-likeness (QED) is 0.364. The van der Waals surface area contributed by atoms with Gasteiger partial charge in [-0.1, -0.05) is 36.1 Å². The number of nitrogens with zero attached hydrogens (tertiary/aromatic N) is 4. The lowest BCUT2D eigenvalue weighted by Crippen LogP contribution is -2.23. The van der Waals surface area contributed by atoms with Crippen LogP contribution in [0.25, 0.3) is 0 Å². The number of hydrogen-bond donors (Lipinski definition) is 0. The second kappa shape index (κ2) is 7.54. The van der Waals surface area contributed by atoms with Gasteiger partial charge in [0.15, 0.2) is 23.2 Å². The van der Waals surface area contributed by atoms with Crippen molar-refractivity contribution in [1.82, 2.24) is 19.1 Å². The van der Waals surface area contributed by atoms with Gasteiger partial charge in [0, 0.05) is 72.3 Å². The zero-order valence-corrected chi connectivity index (χ0v) is 17.4. The number of carbonyl (C=O) groups excluding carboxylic acids is 2. The van der Waals surface area contributed by atoms with Crippen molar-refractivity contribution >= 4 is 11.6 Å². The van der Waals surface area contributed by atoms with Crippen LogP contribution in [-0.4, -0.2) is 30.7 Å². The third kappa shape index (κ3) is 3.12. The van der Waals surface area contributed by atoms with Crippen molar-refractivity contribution in [3.05, 3.63) is 106 Å². The standard InChI is InChI=1S/C26H16N4O2/c1-29-15-13-27-21(29)11-9-17-5-3-7-19-23(17)25(31)20-8-4-6-18(24(20)26(19)32)10-12-22-28-14-16-30(22)2/h3-8,13-16H,1-2H3. The normalized spacial score (nSPS) is 11.7. The fourth-order valence-electron chi connectivity index (χ4n) is 3.67. The fraction of sp³-hybridized carbons (Fsp3) is 0.0769. The van der Waals surface area contributed by atoms with Crippen molar-refractivity contribution in [2.45, 2.75) is 0 Å². The smallest absolute Gasteiger partial charge is 0.195 e. The maximum atomic E-state index is 13.4. The molecule has 0 unspecified atom stereocenters. The number of hydrogen-bond acceptors (Lipinski definition) is 4. The van der Waals surface area contributed by atoms with Crippen LogP contribution in [0.1, 0.15) is 54.6 Å². The molecule has 0 atom stereocenters. The Hall–Kier alpha value is -4.68. The van der Waals surface area contributed by atoms with Gasteiger partial charge in [-0.2, -0.15) is 0 Å². The summed E-state index contributed by atoms with van der Waals surface area (Å²) in [4.78, 5) is 35.2. The van der Waals surface area contributed by atoms with Crippen molar-refractivity contribution in [3.8, 4) is 23.7 Å². The van der Waals surface area contributed by atoms with Crippen molar-refractivity contribution in [3.63, 3.8) is 0 Å². The number of ketones is 2. The van der Waals surface area contributed by atoms with Crippen LogP contribution in [-0.2, 0) is 14.1 Å². The molecule has 4 aromatic rings. The molecular formula is C26H16N4O2. The highest BCUT2D eigenvalue weighted by atomic mass is 16.1. The summed E-state index contributed by atoms with van der Waals surface area (Å²) in [5, 5.41) is 0. The molecule has 1 aliphatic carbocycles. The van der Waals surface area contributed by atoms with E-state index >= 15 is 0 Å². The molecule has 2 heterocycles. The van der Waals surface area contributed by atoms with Gasteiger partial charge in [-0.05, 0) is 24.0 Å². The SMILES string of the molecule is Cn1ccnc1C#Cc1cccc2c1C(=O)c1cccc(C#Cc3nccn3C)c1C2=O. The van der Waals surface area contributed by atoms with Gasteiger partial charge in [0.2, 0.25) is 0 Å². The Labute approximate surface area is 184 Å². The minimum atomic E-state index is -0.236. The van der Waals surface area contributed by atoms with Crippen LogP contribution in [0.3, 0.4) is 0 Å². The summed E-state index contributed by atoms with van der Waals surface area (Å²) in [7, 11) is 3.69. The van der Waals surface area contributed by atoms with Gasteiger partial charge in [0.25, 0.3) is 0 Å². The van der Waals surface area contributed by atoms with Crippen LogP contribution < -0.4 is 0 Å². The predicted molar refractivity (Wildman–Crippen MR) is 118 cm³/mol. The van der Waals surface area contributed by atoms with E-state index in [1.807, 2.05) is 14.1 Å². The summed E-state index contributed by atoms with van der Waals surface area (Å²) in [6.07, 6.45) is 6.90. The maximum absolute atomic E-state index is 13.4. The maximum Gasteiger partial charge on any atom is 0.195 e. The Balaban J connectivity index is 1.62. The third-order valence-corrected chi connectivity index (χ3v) is 5.33. The van der Waals surface area contributed by atoms with Crippen LogP contribution in [0, 0.1) is 23.7 Å². The average molecular weight is 416 g/mol. The van der Waals surface area contributed by atoms with Gasteiger partial charge in [0.05, 0.1) is 0 Å². The molecule has 2 aromatic heterocycles. The van der Waals surface area contributed by atoms with Gasteiger partial charge >= 0.3 is 0 Å². The van der Waals surface area contributed by atoms with E-state index in [2.05, 4.69) is 33.6 Å². The monoisotopic (exact) mass is 416 g/mol. The summed E-state index contributed by atoms with van der Waals surface area (Å²) in [6, 6.07) is 10.3. The van der Waals surface area contributed by atoms with E-state index in [0.29, 0.717) is 45.0 Å². The predicted octanol–water partition coefficient (Wildman–Crippen LogP) is 2.73. The zero-order valence-electron chi connectivity index (χ0n) is 17.4.